The van der Waals surface area contributed by atoms with E-state index in [0.717, 1.165) is 35.4 Å². The van der Waals surface area contributed by atoms with Crippen LogP contribution in [0.1, 0.15) is 18.4 Å². The van der Waals surface area contributed by atoms with Crippen molar-refractivity contribution in [2.45, 2.75) is 31.5 Å². The van der Waals surface area contributed by atoms with Gasteiger partial charge in [-0.15, -0.1) is 6.58 Å². The van der Waals surface area contributed by atoms with E-state index in [1.54, 1.807) is 17.9 Å². The molecule has 0 saturated heterocycles. The van der Waals surface area contributed by atoms with Crippen LogP contribution in [0.5, 0.6) is 17.4 Å². The molecule has 34 heavy (non-hydrogen) atoms. The SMILES string of the molecule is C=CCOC[C@@H](O)CN(Cc1c(-c2ccccc2)nn(C)c1Oc1cccc(OC)c1)C1CC1. The van der Waals surface area contributed by atoms with Gasteiger partial charge in [-0.2, -0.15) is 5.10 Å². The van der Waals surface area contributed by atoms with Crippen molar-refractivity contribution in [3.63, 3.8) is 0 Å². The highest BCUT2D eigenvalue weighted by molar-refractivity contribution is 5.65. The van der Waals surface area contributed by atoms with Gasteiger partial charge in [0.25, 0.3) is 0 Å². The van der Waals surface area contributed by atoms with Gasteiger partial charge in [-0.3, -0.25) is 4.90 Å². The van der Waals surface area contributed by atoms with Crippen LogP contribution in [-0.4, -0.2) is 58.8 Å². The maximum atomic E-state index is 10.6. The summed E-state index contributed by atoms with van der Waals surface area (Å²) in [4.78, 5) is 2.31. The molecule has 1 atom stereocenters. The van der Waals surface area contributed by atoms with E-state index >= 15 is 0 Å². The van der Waals surface area contributed by atoms with Crippen molar-refractivity contribution in [1.29, 1.82) is 0 Å². The molecule has 0 bridgehead atoms. The van der Waals surface area contributed by atoms with E-state index in [-0.39, 0.29) is 6.61 Å². The number of rotatable bonds is 13. The number of benzene rings is 2. The van der Waals surface area contributed by atoms with Gasteiger partial charge in [0, 0.05) is 37.8 Å². The minimum atomic E-state index is -0.583. The van der Waals surface area contributed by atoms with Gasteiger partial charge in [0.1, 0.15) is 17.2 Å². The molecule has 7 nitrogen and oxygen atoms in total. The minimum absolute atomic E-state index is 0.279. The first kappa shape index (κ1) is 24.0. The Labute approximate surface area is 201 Å². The van der Waals surface area contributed by atoms with E-state index < -0.39 is 6.10 Å². The van der Waals surface area contributed by atoms with Crippen LogP contribution in [0.15, 0.2) is 67.3 Å². The second kappa shape index (κ2) is 11.3. The monoisotopic (exact) mass is 463 g/mol. The summed E-state index contributed by atoms with van der Waals surface area (Å²) in [6.45, 7) is 5.50. The number of ether oxygens (including phenoxy) is 3. The summed E-state index contributed by atoms with van der Waals surface area (Å²) in [5.41, 5.74) is 2.89. The Hall–Kier alpha value is -3.13. The molecule has 1 aromatic heterocycles. The van der Waals surface area contributed by atoms with E-state index in [1.807, 2.05) is 49.5 Å². The molecule has 4 rings (SSSR count). The van der Waals surface area contributed by atoms with Crippen LogP contribution in [-0.2, 0) is 18.3 Å². The lowest BCUT2D eigenvalue weighted by molar-refractivity contribution is 0.0227. The quantitative estimate of drug-likeness (QED) is 0.299. The molecule has 1 aliphatic rings. The Morgan fingerprint density at radius 2 is 1.94 bits per heavy atom. The molecule has 180 valence electrons. The minimum Gasteiger partial charge on any atom is -0.497 e. The van der Waals surface area contributed by atoms with Crippen LogP contribution in [0.25, 0.3) is 11.3 Å². The average molecular weight is 464 g/mol. The predicted molar refractivity (Wildman–Crippen MR) is 132 cm³/mol. The molecular formula is C27H33N3O4. The fraction of sp³-hybridized carbons (Fsp3) is 0.370. The van der Waals surface area contributed by atoms with E-state index in [1.165, 1.54) is 0 Å². The molecule has 1 aliphatic carbocycles. The number of nitrogens with zero attached hydrogens (tertiary/aromatic N) is 3. The molecule has 1 N–H and O–H groups in total. The number of hydrogen-bond acceptors (Lipinski definition) is 6. The van der Waals surface area contributed by atoms with Gasteiger partial charge < -0.3 is 19.3 Å². The molecule has 0 aliphatic heterocycles. The van der Waals surface area contributed by atoms with Gasteiger partial charge in [0.2, 0.25) is 5.88 Å². The maximum Gasteiger partial charge on any atom is 0.222 e. The largest absolute Gasteiger partial charge is 0.497 e. The van der Waals surface area contributed by atoms with Gasteiger partial charge in [0.05, 0.1) is 32.0 Å². The van der Waals surface area contributed by atoms with Crippen LogP contribution in [0.2, 0.25) is 0 Å². The van der Waals surface area contributed by atoms with Crippen LogP contribution >= 0.6 is 0 Å². The number of aliphatic hydroxyl groups is 1. The van der Waals surface area contributed by atoms with E-state index in [2.05, 4.69) is 23.6 Å². The van der Waals surface area contributed by atoms with Crippen molar-refractivity contribution >= 4 is 0 Å². The Morgan fingerprint density at radius 1 is 1.18 bits per heavy atom. The summed E-state index contributed by atoms with van der Waals surface area (Å²) >= 11 is 0. The lowest BCUT2D eigenvalue weighted by Crippen LogP contribution is -2.36. The van der Waals surface area contributed by atoms with Crippen molar-refractivity contribution in [3.05, 3.63) is 72.8 Å². The molecule has 0 radical (unpaired) electrons. The number of aliphatic hydroxyl groups excluding tert-OH is 1. The molecule has 0 unspecified atom stereocenters. The van der Waals surface area contributed by atoms with E-state index in [0.29, 0.717) is 37.4 Å². The molecule has 2 aromatic carbocycles. The van der Waals surface area contributed by atoms with Crippen molar-refractivity contribution in [1.82, 2.24) is 14.7 Å². The zero-order chi connectivity index (χ0) is 23.9. The average Bonchev–Trinajstić information content (AvgIpc) is 3.66. The molecule has 0 amide bonds. The first-order valence-electron chi connectivity index (χ1n) is 11.6. The standard InChI is InChI=1S/C27H33N3O4/c1-4-15-33-19-22(31)17-30(21-13-14-21)18-25-26(20-9-6-5-7-10-20)28-29(2)27(25)34-24-12-8-11-23(16-24)32-3/h4-12,16,21-22,31H,1,13-15,17-19H2,2-3H3/t22-/m0/s1. The van der Waals surface area contributed by atoms with Crippen LogP contribution in [0.3, 0.4) is 0 Å². The van der Waals surface area contributed by atoms with Crippen LogP contribution in [0.4, 0.5) is 0 Å². The molecular weight excluding hydrogens is 430 g/mol. The van der Waals surface area contributed by atoms with Crippen LogP contribution < -0.4 is 9.47 Å². The third kappa shape index (κ3) is 6.05. The van der Waals surface area contributed by atoms with Gasteiger partial charge in [0.15, 0.2) is 0 Å². The normalized spacial score (nSPS) is 14.2. The summed E-state index contributed by atoms with van der Waals surface area (Å²) in [5, 5.41) is 15.4. The van der Waals surface area contributed by atoms with Crippen molar-refractivity contribution < 1.29 is 19.3 Å². The molecule has 1 heterocycles. The Bertz CT molecular complexity index is 1080. The second-order valence-electron chi connectivity index (χ2n) is 8.54. The van der Waals surface area contributed by atoms with Gasteiger partial charge in [-0.25, -0.2) is 4.68 Å². The highest BCUT2D eigenvalue weighted by Crippen LogP contribution is 2.37. The second-order valence-corrected chi connectivity index (χ2v) is 8.54. The Morgan fingerprint density at radius 3 is 2.65 bits per heavy atom. The highest BCUT2D eigenvalue weighted by Gasteiger charge is 2.33. The van der Waals surface area contributed by atoms with Crippen molar-refractivity contribution in [2.75, 3.05) is 26.9 Å². The maximum absolute atomic E-state index is 10.6. The van der Waals surface area contributed by atoms with Crippen molar-refractivity contribution in [2.24, 2.45) is 7.05 Å². The molecule has 1 saturated carbocycles. The molecule has 1 fully saturated rings. The van der Waals surface area contributed by atoms with E-state index in [9.17, 15) is 5.11 Å². The summed E-state index contributed by atoms with van der Waals surface area (Å²) in [5.74, 6) is 2.08. The fourth-order valence-corrected chi connectivity index (χ4v) is 4.02. The van der Waals surface area contributed by atoms with Crippen LogP contribution in [0, 0.1) is 0 Å². The van der Waals surface area contributed by atoms with Gasteiger partial charge in [-0.05, 0) is 25.0 Å². The van der Waals surface area contributed by atoms with E-state index in [4.69, 9.17) is 19.3 Å². The predicted octanol–water partition coefficient (Wildman–Crippen LogP) is 4.42. The van der Waals surface area contributed by atoms with Crippen molar-refractivity contribution in [3.8, 4) is 28.6 Å². The summed E-state index contributed by atoms with van der Waals surface area (Å²) in [6, 6.07) is 18.1. The molecule has 0 spiro atoms. The smallest absolute Gasteiger partial charge is 0.222 e. The zero-order valence-corrected chi connectivity index (χ0v) is 19.9. The Kier molecular flexibility index (Phi) is 8.00. The molecule has 7 heteroatoms. The number of aryl methyl sites for hydroxylation is 1. The summed E-state index contributed by atoms with van der Waals surface area (Å²) in [7, 11) is 3.53. The first-order chi connectivity index (χ1) is 16.6. The fourth-order valence-electron chi connectivity index (χ4n) is 4.02. The summed E-state index contributed by atoms with van der Waals surface area (Å²) < 4.78 is 19.0. The lowest BCUT2D eigenvalue weighted by atomic mass is 10.1. The Balaban J connectivity index is 1.64. The third-order valence-corrected chi connectivity index (χ3v) is 5.81. The third-order valence-electron chi connectivity index (χ3n) is 5.81. The van der Waals surface area contributed by atoms with Gasteiger partial charge in [-0.1, -0.05) is 42.5 Å². The zero-order valence-electron chi connectivity index (χ0n) is 19.9. The topological polar surface area (TPSA) is 69.0 Å². The number of aromatic nitrogens is 2. The molecule has 3 aromatic rings. The summed E-state index contributed by atoms with van der Waals surface area (Å²) in [6.07, 6.45) is 3.34. The number of methoxy groups -OCH3 is 1. The number of hydrogen-bond donors (Lipinski definition) is 1. The lowest BCUT2D eigenvalue weighted by Gasteiger charge is -2.25. The first-order valence-corrected chi connectivity index (χ1v) is 11.6. The highest BCUT2D eigenvalue weighted by atomic mass is 16.5. The van der Waals surface area contributed by atoms with Gasteiger partial charge >= 0.3 is 0 Å².